The molecule has 0 aliphatic heterocycles. The molecule has 3 heteroatoms. The molecule has 0 radical (unpaired) electrons. The molecule has 0 aliphatic carbocycles. The number of phenols is 1. The smallest absolute Gasteiger partial charge is 0.118 e. The maximum Gasteiger partial charge on any atom is 0.118 e. The molecule has 96 valence electrons. The first kappa shape index (κ1) is 11.7. The van der Waals surface area contributed by atoms with E-state index < -0.39 is 0 Å². The molecule has 0 fully saturated rings. The Morgan fingerprint density at radius 1 is 1.16 bits per heavy atom. The third-order valence-corrected chi connectivity index (χ3v) is 3.20. The highest BCUT2D eigenvalue weighted by molar-refractivity contribution is 5.62. The summed E-state index contributed by atoms with van der Waals surface area (Å²) in [7, 11) is 0. The van der Waals surface area contributed by atoms with E-state index in [0.29, 0.717) is 5.75 Å². The molecule has 3 rings (SSSR count). The first-order valence-electron chi connectivity index (χ1n) is 6.22. The highest BCUT2D eigenvalue weighted by Crippen LogP contribution is 2.25. The van der Waals surface area contributed by atoms with Crippen LogP contribution >= 0.6 is 0 Å². The average molecular weight is 253 g/mol. The van der Waals surface area contributed by atoms with Crippen LogP contribution in [0.15, 0.2) is 53.1 Å². The van der Waals surface area contributed by atoms with Gasteiger partial charge in [-0.2, -0.15) is 0 Å². The maximum atomic E-state index is 9.54. The number of nitrogens with one attached hydrogen (secondary N) is 1. The molecule has 0 bridgehead atoms. The molecule has 0 atom stereocenters. The number of aryl methyl sites for hydroxylation is 1. The van der Waals surface area contributed by atoms with Gasteiger partial charge in [-0.25, -0.2) is 0 Å². The van der Waals surface area contributed by atoms with Crippen LogP contribution < -0.4 is 0 Å². The third-order valence-electron chi connectivity index (χ3n) is 3.20. The zero-order valence-corrected chi connectivity index (χ0v) is 10.7. The van der Waals surface area contributed by atoms with Gasteiger partial charge >= 0.3 is 0 Å². The summed E-state index contributed by atoms with van der Waals surface area (Å²) in [6.07, 6.45) is 2.44. The highest BCUT2D eigenvalue weighted by Gasteiger charge is 2.05. The van der Waals surface area contributed by atoms with E-state index in [9.17, 15) is 5.11 Å². The van der Waals surface area contributed by atoms with Crippen molar-refractivity contribution < 1.29 is 9.52 Å². The summed E-state index contributed by atoms with van der Waals surface area (Å²) in [5.41, 5.74) is 4.10. The molecule has 0 saturated heterocycles. The van der Waals surface area contributed by atoms with Crippen molar-refractivity contribution >= 4 is 0 Å². The Kier molecular flexibility index (Phi) is 2.88. The van der Waals surface area contributed by atoms with E-state index in [1.807, 2.05) is 37.3 Å². The monoisotopic (exact) mass is 253 g/mol. The minimum absolute atomic E-state index is 0.325. The summed E-state index contributed by atoms with van der Waals surface area (Å²) in [6, 6.07) is 13.6. The van der Waals surface area contributed by atoms with Crippen LogP contribution in [0, 0.1) is 6.92 Å². The number of H-pyrrole nitrogens is 1. The highest BCUT2D eigenvalue weighted by atomic mass is 16.3. The van der Waals surface area contributed by atoms with Crippen molar-refractivity contribution in [1.29, 1.82) is 0 Å². The van der Waals surface area contributed by atoms with Gasteiger partial charge in [-0.15, -0.1) is 0 Å². The van der Waals surface area contributed by atoms with Crippen LogP contribution in [0.3, 0.4) is 0 Å². The molecule has 3 aromatic rings. The number of phenolic OH excluding ortho intramolecular Hbond substituents is 1. The maximum absolute atomic E-state index is 9.54. The van der Waals surface area contributed by atoms with Crippen molar-refractivity contribution in [3.63, 3.8) is 0 Å². The Labute approximate surface area is 111 Å². The SMILES string of the molecule is Cc1cc(-c2ccc(Cc3ccco3)[nH]2)ccc1O. The lowest BCUT2D eigenvalue weighted by molar-refractivity contribution is 0.471. The Hall–Kier alpha value is -2.42. The lowest BCUT2D eigenvalue weighted by Crippen LogP contribution is -1.86. The number of aromatic nitrogens is 1. The topological polar surface area (TPSA) is 49.2 Å². The van der Waals surface area contributed by atoms with Gasteiger partial charge in [-0.05, 0) is 60.5 Å². The van der Waals surface area contributed by atoms with Gasteiger partial charge in [-0.1, -0.05) is 0 Å². The predicted molar refractivity (Wildman–Crippen MR) is 74.1 cm³/mol. The fraction of sp³-hybridized carbons (Fsp3) is 0.125. The van der Waals surface area contributed by atoms with Crippen LogP contribution in [0.1, 0.15) is 17.0 Å². The summed E-state index contributed by atoms with van der Waals surface area (Å²) in [6.45, 7) is 1.89. The summed E-state index contributed by atoms with van der Waals surface area (Å²) in [5, 5.41) is 9.54. The normalized spacial score (nSPS) is 10.8. The standard InChI is InChI=1S/C16H15NO2/c1-11-9-12(4-7-16(11)18)15-6-5-13(17-15)10-14-3-2-8-19-14/h2-9,17-18H,10H2,1H3. The molecule has 0 saturated carbocycles. The first-order chi connectivity index (χ1) is 9.22. The first-order valence-corrected chi connectivity index (χ1v) is 6.22. The Bertz CT molecular complexity index is 681. The molecule has 0 aliphatic rings. The van der Waals surface area contributed by atoms with Gasteiger partial charge in [-0.3, -0.25) is 0 Å². The summed E-state index contributed by atoms with van der Waals surface area (Å²) >= 11 is 0. The van der Waals surface area contributed by atoms with Crippen LogP contribution in [-0.4, -0.2) is 10.1 Å². The van der Waals surface area contributed by atoms with Crippen molar-refractivity contribution in [2.45, 2.75) is 13.3 Å². The predicted octanol–water partition coefficient (Wildman–Crippen LogP) is 3.88. The second-order valence-corrected chi connectivity index (χ2v) is 4.65. The molecular formula is C16H15NO2. The van der Waals surface area contributed by atoms with Gasteiger partial charge in [0.15, 0.2) is 0 Å². The van der Waals surface area contributed by atoms with E-state index in [4.69, 9.17) is 4.42 Å². The number of furan rings is 1. The number of hydrogen-bond acceptors (Lipinski definition) is 2. The fourth-order valence-corrected chi connectivity index (χ4v) is 2.14. The molecule has 3 nitrogen and oxygen atoms in total. The van der Waals surface area contributed by atoms with E-state index in [-0.39, 0.29) is 0 Å². The molecule has 19 heavy (non-hydrogen) atoms. The number of aromatic amines is 1. The quantitative estimate of drug-likeness (QED) is 0.744. The Morgan fingerprint density at radius 3 is 2.79 bits per heavy atom. The van der Waals surface area contributed by atoms with Crippen molar-refractivity contribution in [2.75, 3.05) is 0 Å². The largest absolute Gasteiger partial charge is 0.508 e. The average Bonchev–Trinajstić information content (AvgIpc) is 3.05. The van der Waals surface area contributed by atoms with Gasteiger partial charge in [0.2, 0.25) is 0 Å². The molecule has 2 N–H and O–H groups in total. The second-order valence-electron chi connectivity index (χ2n) is 4.65. The summed E-state index contributed by atoms with van der Waals surface area (Å²) in [5.74, 6) is 1.27. The van der Waals surface area contributed by atoms with Crippen molar-refractivity contribution in [3.8, 4) is 17.0 Å². The summed E-state index contributed by atoms with van der Waals surface area (Å²) < 4.78 is 5.33. The molecule has 0 spiro atoms. The van der Waals surface area contributed by atoms with Gasteiger partial charge in [0.05, 0.1) is 6.26 Å². The fourth-order valence-electron chi connectivity index (χ4n) is 2.14. The Morgan fingerprint density at radius 2 is 2.05 bits per heavy atom. The zero-order valence-electron chi connectivity index (χ0n) is 10.7. The van der Waals surface area contributed by atoms with E-state index in [1.165, 1.54) is 0 Å². The van der Waals surface area contributed by atoms with Crippen molar-refractivity contribution in [1.82, 2.24) is 4.98 Å². The zero-order chi connectivity index (χ0) is 13.2. The van der Waals surface area contributed by atoms with Gasteiger partial charge < -0.3 is 14.5 Å². The minimum Gasteiger partial charge on any atom is -0.508 e. The van der Waals surface area contributed by atoms with E-state index >= 15 is 0 Å². The minimum atomic E-state index is 0.325. The van der Waals surface area contributed by atoms with Crippen LogP contribution in [0.4, 0.5) is 0 Å². The van der Waals surface area contributed by atoms with Crippen LogP contribution in [0.2, 0.25) is 0 Å². The summed E-state index contributed by atoms with van der Waals surface area (Å²) in [4.78, 5) is 3.37. The molecule has 0 unspecified atom stereocenters. The number of hydrogen-bond donors (Lipinski definition) is 2. The van der Waals surface area contributed by atoms with Crippen molar-refractivity contribution in [3.05, 3.63) is 65.7 Å². The lowest BCUT2D eigenvalue weighted by atomic mass is 10.1. The van der Waals surface area contributed by atoms with Gasteiger partial charge in [0, 0.05) is 17.8 Å². The number of rotatable bonds is 3. The van der Waals surface area contributed by atoms with Gasteiger partial charge in [0.25, 0.3) is 0 Å². The molecular weight excluding hydrogens is 238 g/mol. The Balaban J connectivity index is 1.86. The molecule has 2 aromatic heterocycles. The van der Waals surface area contributed by atoms with E-state index in [0.717, 1.165) is 34.7 Å². The number of aromatic hydroxyl groups is 1. The van der Waals surface area contributed by atoms with Crippen molar-refractivity contribution in [2.24, 2.45) is 0 Å². The molecule has 1 aromatic carbocycles. The number of benzene rings is 1. The van der Waals surface area contributed by atoms with Crippen LogP contribution in [0.5, 0.6) is 5.75 Å². The van der Waals surface area contributed by atoms with Gasteiger partial charge in [0.1, 0.15) is 11.5 Å². The molecule has 2 heterocycles. The van der Waals surface area contributed by atoms with E-state index in [1.54, 1.807) is 12.3 Å². The van der Waals surface area contributed by atoms with Crippen LogP contribution in [0.25, 0.3) is 11.3 Å². The van der Waals surface area contributed by atoms with E-state index in [2.05, 4.69) is 11.1 Å². The molecule has 0 amide bonds. The third kappa shape index (κ3) is 2.40. The second kappa shape index (κ2) is 4.69. The van der Waals surface area contributed by atoms with Crippen LogP contribution in [-0.2, 0) is 6.42 Å². The lowest BCUT2D eigenvalue weighted by Gasteiger charge is -2.02.